The maximum Gasteiger partial charge on any atom is 0.128 e. The lowest BCUT2D eigenvalue weighted by Gasteiger charge is -2.45. The maximum atomic E-state index is 4.70. The number of aromatic amines is 1. The molecular weight excluding hydrogens is 298 g/mol. The average Bonchev–Trinajstić information content (AvgIpc) is 3.16. The predicted molar refractivity (Wildman–Crippen MR) is 96.1 cm³/mol. The molecule has 2 fully saturated rings. The molecule has 0 radical (unpaired) electrons. The zero-order chi connectivity index (χ0) is 16.6. The highest BCUT2D eigenvalue weighted by Gasteiger charge is 2.43. The number of hydrogen-bond acceptors (Lipinski definition) is 4. The zero-order valence-electron chi connectivity index (χ0n) is 14.8. The minimum atomic E-state index is 0.367. The van der Waals surface area contributed by atoms with Crippen LogP contribution in [0.2, 0.25) is 0 Å². The molecule has 1 N–H and O–H groups in total. The molecule has 2 aliphatic heterocycles. The Morgan fingerprint density at radius 2 is 1.96 bits per heavy atom. The Hall–Kier alpha value is -1.88. The summed E-state index contributed by atoms with van der Waals surface area (Å²) in [4.78, 5) is 17.6. The summed E-state index contributed by atoms with van der Waals surface area (Å²) in [5, 5.41) is 0. The summed E-state index contributed by atoms with van der Waals surface area (Å²) in [5.74, 6) is 1.14. The van der Waals surface area contributed by atoms with Gasteiger partial charge in [-0.05, 0) is 58.2 Å². The SMILES string of the molecule is Cc1cccc(N2CCC3(CCCN3Cc3nc[nH]c3C)CC2)n1. The van der Waals surface area contributed by atoms with E-state index in [1.807, 2.05) is 6.33 Å². The van der Waals surface area contributed by atoms with E-state index in [1.165, 1.54) is 43.6 Å². The molecule has 4 rings (SSSR count). The van der Waals surface area contributed by atoms with Gasteiger partial charge < -0.3 is 9.88 Å². The van der Waals surface area contributed by atoms with Crippen molar-refractivity contribution in [1.29, 1.82) is 0 Å². The van der Waals surface area contributed by atoms with Crippen LogP contribution in [0.3, 0.4) is 0 Å². The van der Waals surface area contributed by atoms with Gasteiger partial charge in [0.1, 0.15) is 5.82 Å². The lowest BCUT2D eigenvalue weighted by Crippen LogP contribution is -2.52. The van der Waals surface area contributed by atoms with Gasteiger partial charge in [-0.15, -0.1) is 0 Å². The Kier molecular flexibility index (Phi) is 4.04. The number of H-pyrrole nitrogens is 1. The summed E-state index contributed by atoms with van der Waals surface area (Å²) in [5.41, 5.74) is 3.88. The molecule has 0 bridgehead atoms. The van der Waals surface area contributed by atoms with Gasteiger partial charge in [0.15, 0.2) is 0 Å². The lowest BCUT2D eigenvalue weighted by molar-refractivity contribution is 0.0982. The summed E-state index contributed by atoms with van der Waals surface area (Å²) in [6.45, 7) is 8.59. The molecule has 5 heteroatoms. The number of likely N-dealkylation sites (tertiary alicyclic amines) is 1. The summed E-state index contributed by atoms with van der Waals surface area (Å²) in [6, 6.07) is 6.33. The molecule has 0 aromatic carbocycles. The normalized spacial score (nSPS) is 20.8. The Morgan fingerprint density at radius 1 is 1.12 bits per heavy atom. The first-order valence-corrected chi connectivity index (χ1v) is 9.09. The number of aryl methyl sites for hydroxylation is 2. The number of piperidine rings is 1. The average molecular weight is 325 g/mol. The minimum absolute atomic E-state index is 0.367. The molecule has 0 saturated carbocycles. The van der Waals surface area contributed by atoms with Crippen LogP contribution in [0.4, 0.5) is 5.82 Å². The van der Waals surface area contributed by atoms with Gasteiger partial charge in [-0.25, -0.2) is 9.97 Å². The number of nitrogens with zero attached hydrogens (tertiary/aromatic N) is 4. The Bertz CT molecular complexity index is 699. The van der Waals surface area contributed by atoms with Crippen LogP contribution in [-0.4, -0.2) is 45.0 Å². The number of pyridine rings is 1. The van der Waals surface area contributed by atoms with Crippen LogP contribution < -0.4 is 4.90 Å². The monoisotopic (exact) mass is 325 g/mol. The highest BCUT2D eigenvalue weighted by molar-refractivity contribution is 5.40. The van der Waals surface area contributed by atoms with E-state index in [0.29, 0.717) is 5.54 Å². The molecule has 0 atom stereocenters. The molecule has 0 aliphatic carbocycles. The molecule has 2 aliphatic rings. The van der Waals surface area contributed by atoms with Crippen molar-refractivity contribution in [2.45, 2.75) is 51.6 Å². The minimum Gasteiger partial charge on any atom is -0.356 e. The second-order valence-electron chi connectivity index (χ2n) is 7.35. The van der Waals surface area contributed by atoms with E-state index in [2.05, 4.69) is 51.8 Å². The topological polar surface area (TPSA) is 48.0 Å². The Labute approximate surface area is 144 Å². The summed E-state index contributed by atoms with van der Waals surface area (Å²) in [7, 11) is 0. The van der Waals surface area contributed by atoms with Crippen molar-refractivity contribution in [2.75, 3.05) is 24.5 Å². The van der Waals surface area contributed by atoms with E-state index >= 15 is 0 Å². The maximum absolute atomic E-state index is 4.70. The Balaban J connectivity index is 1.46. The number of anilines is 1. The van der Waals surface area contributed by atoms with E-state index in [0.717, 1.165) is 31.1 Å². The quantitative estimate of drug-likeness (QED) is 0.942. The zero-order valence-corrected chi connectivity index (χ0v) is 14.8. The van der Waals surface area contributed by atoms with E-state index in [-0.39, 0.29) is 0 Å². The van der Waals surface area contributed by atoms with Crippen LogP contribution in [0.25, 0.3) is 0 Å². The molecular formula is C19H27N5. The van der Waals surface area contributed by atoms with Crippen molar-refractivity contribution in [3.05, 3.63) is 41.6 Å². The number of nitrogens with one attached hydrogen (secondary N) is 1. The van der Waals surface area contributed by atoms with E-state index in [9.17, 15) is 0 Å². The van der Waals surface area contributed by atoms with Crippen molar-refractivity contribution in [1.82, 2.24) is 19.9 Å². The molecule has 1 spiro atoms. The second kappa shape index (κ2) is 6.20. The van der Waals surface area contributed by atoms with Gasteiger partial charge in [0, 0.05) is 36.6 Å². The number of hydrogen-bond donors (Lipinski definition) is 1. The Morgan fingerprint density at radius 3 is 2.67 bits per heavy atom. The third kappa shape index (κ3) is 2.81. The van der Waals surface area contributed by atoms with Gasteiger partial charge in [0.2, 0.25) is 0 Å². The van der Waals surface area contributed by atoms with Crippen LogP contribution in [0.5, 0.6) is 0 Å². The highest BCUT2D eigenvalue weighted by atomic mass is 15.3. The van der Waals surface area contributed by atoms with Crippen molar-refractivity contribution in [2.24, 2.45) is 0 Å². The molecule has 2 aromatic rings. The third-order valence-electron chi connectivity index (χ3n) is 5.91. The van der Waals surface area contributed by atoms with Crippen molar-refractivity contribution >= 4 is 5.82 Å². The van der Waals surface area contributed by atoms with Gasteiger partial charge >= 0.3 is 0 Å². The van der Waals surface area contributed by atoms with Crippen LogP contribution in [0.1, 0.15) is 42.8 Å². The number of rotatable bonds is 3. The van der Waals surface area contributed by atoms with Crippen LogP contribution in [0, 0.1) is 13.8 Å². The molecule has 128 valence electrons. The molecule has 5 nitrogen and oxygen atoms in total. The highest BCUT2D eigenvalue weighted by Crippen LogP contribution is 2.40. The van der Waals surface area contributed by atoms with Crippen LogP contribution in [0.15, 0.2) is 24.5 Å². The predicted octanol–water partition coefficient (Wildman–Crippen LogP) is 3.06. The fourth-order valence-electron chi connectivity index (χ4n) is 4.39. The third-order valence-corrected chi connectivity index (χ3v) is 5.91. The molecule has 2 aromatic heterocycles. The first-order chi connectivity index (χ1) is 11.7. The van der Waals surface area contributed by atoms with E-state index in [1.54, 1.807) is 0 Å². The standard InChI is InChI=1S/C19H27N5/c1-15-5-3-6-18(22-15)23-11-8-19(9-12-23)7-4-10-24(19)13-17-16(2)20-14-21-17/h3,5-6,14H,4,7-13H2,1-2H3,(H,20,21). The van der Waals surface area contributed by atoms with Crippen LogP contribution in [-0.2, 0) is 6.54 Å². The molecule has 2 saturated heterocycles. The van der Waals surface area contributed by atoms with Crippen LogP contribution >= 0.6 is 0 Å². The first-order valence-electron chi connectivity index (χ1n) is 9.09. The number of aromatic nitrogens is 3. The fourth-order valence-corrected chi connectivity index (χ4v) is 4.39. The van der Waals surface area contributed by atoms with Gasteiger partial charge in [-0.3, -0.25) is 4.90 Å². The summed E-state index contributed by atoms with van der Waals surface area (Å²) < 4.78 is 0. The molecule has 4 heterocycles. The second-order valence-corrected chi connectivity index (χ2v) is 7.35. The smallest absolute Gasteiger partial charge is 0.128 e. The molecule has 0 unspecified atom stereocenters. The largest absolute Gasteiger partial charge is 0.356 e. The van der Waals surface area contributed by atoms with Crippen molar-refractivity contribution < 1.29 is 0 Å². The van der Waals surface area contributed by atoms with E-state index < -0.39 is 0 Å². The van der Waals surface area contributed by atoms with E-state index in [4.69, 9.17) is 4.98 Å². The van der Waals surface area contributed by atoms with Gasteiger partial charge in [0.25, 0.3) is 0 Å². The first kappa shape index (κ1) is 15.6. The van der Waals surface area contributed by atoms with Crippen molar-refractivity contribution in [3.63, 3.8) is 0 Å². The fraction of sp³-hybridized carbons (Fsp3) is 0.579. The summed E-state index contributed by atoms with van der Waals surface area (Å²) >= 11 is 0. The number of imidazole rings is 1. The molecule has 0 amide bonds. The van der Waals surface area contributed by atoms with Gasteiger partial charge in [-0.2, -0.15) is 0 Å². The van der Waals surface area contributed by atoms with Gasteiger partial charge in [0.05, 0.1) is 12.0 Å². The lowest BCUT2D eigenvalue weighted by atomic mass is 9.84. The van der Waals surface area contributed by atoms with Gasteiger partial charge in [-0.1, -0.05) is 6.07 Å². The molecule has 24 heavy (non-hydrogen) atoms. The van der Waals surface area contributed by atoms with Crippen molar-refractivity contribution in [3.8, 4) is 0 Å². The summed E-state index contributed by atoms with van der Waals surface area (Å²) in [6.07, 6.45) is 6.91.